The second-order valence-corrected chi connectivity index (χ2v) is 14.8. The van der Waals surface area contributed by atoms with Gasteiger partial charge in [0.15, 0.2) is 5.84 Å². The van der Waals surface area contributed by atoms with E-state index in [1.807, 2.05) is 12.1 Å². The summed E-state index contributed by atoms with van der Waals surface area (Å²) in [7, 11) is 0. The summed E-state index contributed by atoms with van der Waals surface area (Å²) in [4.78, 5) is 11.2. The summed E-state index contributed by atoms with van der Waals surface area (Å²) in [6.45, 7) is 0. The summed E-state index contributed by atoms with van der Waals surface area (Å²) in [6, 6.07) is 66.9. The molecule has 0 radical (unpaired) electrons. The fourth-order valence-electron chi connectivity index (χ4n) is 8.59. The molecule has 1 aliphatic rings. The summed E-state index contributed by atoms with van der Waals surface area (Å²) in [6.07, 6.45) is 3.78. The maximum absolute atomic E-state index is 6.58. The number of allylic oxidation sites excluding steroid dienone is 1. The standard InChI is InChI=1S/C54H36N2O/c1-2-15-40-34-41(31-26-35(40)12-1)45-33-32-37-14-4-6-18-44(37)52(45)54-55-49(39-29-27-38(28-30-39)43-20-9-16-36-13-3-5-17-42(36)43)23-11-24-50(56-54)48-22-10-21-47-46-19-7-8-25-51(46)57-53(47)48/h1-10,12-23,25-34H,11,24H2/b49-23-,55-54-,56-50+. The molecular weight excluding hydrogens is 693 g/mol. The normalized spacial score (nSPS) is 16.2. The molecule has 3 nitrogen and oxygen atoms in total. The van der Waals surface area contributed by atoms with Crippen molar-refractivity contribution in [2.75, 3.05) is 0 Å². The average molecular weight is 729 g/mol. The molecule has 1 aliphatic heterocycles. The molecule has 3 heteroatoms. The molecule has 0 fully saturated rings. The van der Waals surface area contributed by atoms with E-state index in [-0.39, 0.29) is 0 Å². The minimum Gasteiger partial charge on any atom is -0.455 e. The number of aliphatic imine (C=N–C) groups is 2. The molecule has 11 rings (SSSR count). The maximum atomic E-state index is 6.58. The number of benzene rings is 9. The first-order chi connectivity index (χ1) is 28.2. The first-order valence-corrected chi connectivity index (χ1v) is 19.6. The van der Waals surface area contributed by atoms with Crippen LogP contribution in [0.15, 0.2) is 209 Å². The van der Waals surface area contributed by atoms with Crippen LogP contribution in [0.4, 0.5) is 0 Å². The van der Waals surface area contributed by atoms with Gasteiger partial charge < -0.3 is 4.42 Å². The van der Waals surface area contributed by atoms with Gasteiger partial charge in [-0.2, -0.15) is 0 Å². The highest BCUT2D eigenvalue weighted by Crippen LogP contribution is 2.37. The van der Waals surface area contributed by atoms with Crippen molar-refractivity contribution in [2.45, 2.75) is 12.8 Å². The minimum atomic E-state index is 0.683. The van der Waals surface area contributed by atoms with E-state index >= 15 is 0 Å². The van der Waals surface area contributed by atoms with Crippen LogP contribution in [0.2, 0.25) is 0 Å². The van der Waals surface area contributed by atoms with Gasteiger partial charge in [0.1, 0.15) is 11.2 Å². The minimum absolute atomic E-state index is 0.683. The highest BCUT2D eigenvalue weighted by Gasteiger charge is 2.22. The predicted octanol–water partition coefficient (Wildman–Crippen LogP) is 14.5. The van der Waals surface area contributed by atoms with Crippen molar-refractivity contribution in [2.24, 2.45) is 9.98 Å². The SMILES string of the molecule is C1=C(c2ccc(-c3cccc4ccccc34)cc2)/N=C(c2c(-c3ccc4ccccc4c3)ccc3ccccc23)\N=C(\c2cccc3c2oc2ccccc23)CC\1. The van der Waals surface area contributed by atoms with Gasteiger partial charge in [-0.1, -0.05) is 176 Å². The molecule has 57 heavy (non-hydrogen) atoms. The third-order valence-corrected chi connectivity index (χ3v) is 11.4. The van der Waals surface area contributed by atoms with Crippen molar-refractivity contribution >= 4 is 71.5 Å². The fraction of sp³-hybridized carbons (Fsp3) is 0.0370. The number of hydrogen-bond donors (Lipinski definition) is 0. The molecule has 0 saturated heterocycles. The summed E-state index contributed by atoms with van der Waals surface area (Å²) in [5, 5.41) is 9.34. The van der Waals surface area contributed by atoms with Crippen LogP contribution in [-0.4, -0.2) is 11.5 Å². The van der Waals surface area contributed by atoms with Crippen molar-refractivity contribution in [1.82, 2.24) is 0 Å². The molecule has 0 N–H and O–H groups in total. The van der Waals surface area contributed by atoms with Crippen molar-refractivity contribution in [3.63, 3.8) is 0 Å². The van der Waals surface area contributed by atoms with Crippen molar-refractivity contribution in [3.05, 3.63) is 211 Å². The molecule has 268 valence electrons. The third kappa shape index (κ3) is 5.84. The largest absolute Gasteiger partial charge is 0.455 e. The molecule has 10 aromatic rings. The van der Waals surface area contributed by atoms with Gasteiger partial charge in [0.25, 0.3) is 0 Å². The van der Waals surface area contributed by atoms with E-state index < -0.39 is 0 Å². The van der Waals surface area contributed by atoms with E-state index in [0.29, 0.717) is 5.84 Å². The lowest BCUT2D eigenvalue weighted by Gasteiger charge is -2.18. The van der Waals surface area contributed by atoms with E-state index in [1.54, 1.807) is 0 Å². The van der Waals surface area contributed by atoms with Gasteiger partial charge in [-0.05, 0) is 91.2 Å². The summed E-state index contributed by atoms with van der Waals surface area (Å²) in [5.41, 5.74) is 11.3. The Kier molecular flexibility index (Phi) is 7.96. The average Bonchev–Trinajstić information content (AvgIpc) is 3.65. The first kappa shape index (κ1) is 33.0. The third-order valence-electron chi connectivity index (χ3n) is 11.4. The van der Waals surface area contributed by atoms with Gasteiger partial charge >= 0.3 is 0 Å². The molecular formula is C54H36N2O. The molecule has 0 atom stereocenters. The first-order valence-electron chi connectivity index (χ1n) is 19.6. The van der Waals surface area contributed by atoms with E-state index in [9.17, 15) is 0 Å². The van der Waals surface area contributed by atoms with Crippen LogP contribution >= 0.6 is 0 Å². The van der Waals surface area contributed by atoms with Crippen molar-refractivity contribution in [1.29, 1.82) is 0 Å². The van der Waals surface area contributed by atoms with E-state index in [4.69, 9.17) is 14.4 Å². The molecule has 0 spiro atoms. The molecule has 0 amide bonds. The zero-order valence-electron chi connectivity index (χ0n) is 31.2. The number of rotatable bonds is 5. The Bertz CT molecular complexity index is 3280. The van der Waals surface area contributed by atoms with Crippen molar-refractivity contribution in [3.8, 4) is 22.3 Å². The Hall–Kier alpha value is -7.36. The number of para-hydroxylation sites is 2. The quantitative estimate of drug-likeness (QED) is 0.174. The van der Waals surface area contributed by atoms with Crippen molar-refractivity contribution < 1.29 is 4.42 Å². The van der Waals surface area contributed by atoms with Gasteiger partial charge in [0, 0.05) is 21.9 Å². The summed E-state index contributed by atoms with van der Waals surface area (Å²) in [5.74, 6) is 0.683. The molecule has 0 saturated carbocycles. The van der Waals surface area contributed by atoms with Gasteiger partial charge in [-0.25, -0.2) is 9.98 Å². The summed E-state index contributed by atoms with van der Waals surface area (Å²) >= 11 is 0. The lowest BCUT2D eigenvalue weighted by Crippen LogP contribution is -2.11. The second kappa shape index (κ2) is 13.7. The number of nitrogens with zero attached hydrogens (tertiary/aromatic N) is 2. The Balaban J connectivity index is 1.13. The van der Waals surface area contributed by atoms with Gasteiger partial charge in [0.2, 0.25) is 0 Å². The number of amidine groups is 1. The van der Waals surface area contributed by atoms with Crippen LogP contribution < -0.4 is 0 Å². The van der Waals surface area contributed by atoms with Crippen LogP contribution in [0.1, 0.15) is 29.5 Å². The fourth-order valence-corrected chi connectivity index (χ4v) is 8.59. The number of fused-ring (bicyclic) bond motifs is 6. The topological polar surface area (TPSA) is 37.9 Å². The van der Waals surface area contributed by atoms with Gasteiger partial charge in [-0.15, -0.1) is 0 Å². The number of furan rings is 1. The summed E-state index contributed by atoms with van der Waals surface area (Å²) < 4.78 is 6.58. The highest BCUT2D eigenvalue weighted by molar-refractivity contribution is 6.24. The van der Waals surface area contributed by atoms with Crippen LogP contribution in [0.5, 0.6) is 0 Å². The van der Waals surface area contributed by atoms with Crippen LogP contribution in [0.25, 0.3) is 82.2 Å². The number of hydrogen-bond acceptors (Lipinski definition) is 3. The van der Waals surface area contributed by atoms with Crippen LogP contribution in [0.3, 0.4) is 0 Å². The van der Waals surface area contributed by atoms with Gasteiger partial charge in [-0.3, -0.25) is 0 Å². The van der Waals surface area contributed by atoms with E-state index in [2.05, 4.69) is 182 Å². The molecule has 0 bridgehead atoms. The second-order valence-electron chi connectivity index (χ2n) is 14.8. The van der Waals surface area contributed by atoms with Gasteiger partial charge in [0.05, 0.1) is 11.4 Å². The monoisotopic (exact) mass is 728 g/mol. The Morgan fingerprint density at radius 2 is 1.02 bits per heavy atom. The molecule has 0 aliphatic carbocycles. The Labute approximate surface area is 330 Å². The van der Waals surface area contributed by atoms with Crippen LogP contribution in [-0.2, 0) is 0 Å². The van der Waals surface area contributed by atoms with Crippen LogP contribution in [0, 0.1) is 0 Å². The lowest BCUT2D eigenvalue weighted by molar-refractivity contribution is 0.668. The smallest absolute Gasteiger partial charge is 0.161 e. The molecule has 0 unspecified atom stereocenters. The predicted molar refractivity (Wildman–Crippen MR) is 240 cm³/mol. The maximum Gasteiger partial charge on any atom is 0.161 e. The Morgan fingerprint density at radius 3 is 1.88 bits per heavy atom. The molecule has 9 aromatic carbocycles. The zero-order valence-corrected chi connectivity index (χ0v) is 31.2. The zero-order chi connectivity index (χ0) is 37.7. The van der Waals surface area contributed by atoms with E-state index in [0.717, 1.165) is 84.8 Å². The molecule has 2 heterocycles. The molecule has 1 aromatic heterocycles. The Morgan fingerprint density at radius 1 is 0.404 bits per heavy atom. The highest BCUT2D eigenvalue weighted by atomic mass is 16.3. The van der Waals surface area contributed by atoms with E-state index in [1.165, 1.54) is 32.7 Å². The lowest BCUT2D eigenvalue weighted by atomic mass is 9.91.